The number of rotatable bonds is 3. The van der Waals surface area contributed by atoms with Crippen LogP contribution in [0, 0.1) is 3.57 Å². The highest BCUT2D eigenvalue weighted by molar-refractivity contribution is 14.1. The number of aromatic nitrogens is 1. The van der Waals surface area contributed by atoms with Gasteiger partial charge in [-0.25, -0.2) is 4.99 Å². The molecule has 0 aliphatic carbocycles. The van der Waals surface area contributed by atoms with E-state index in [9.17, 15) is 5.11 Å². The molecule has 5 heteroatoms. The molecular formula is C21H14ClIN2O. The van der Waals surface area contributed by atoms with Crippen molar-refractivity contribution in [2.24, 2.45) is 4.99 Å². The Morgan fingerprint density at radius 1 is 0.962 bits per heavy atom. The quantitative estimate of drug-likeness (QED) is 0.267. The van der Waals surface area contributed by atoms with E-state index in [1.807, 2.05) is 66.7 Å². The average molecular weight is 473 g/mol. The first kappa shape index (κ1) is 17.1. The maximum Gasteiger partial charge on any atom is 0.199 e. The summed E-state index contributed by atoms with van der Waals surface area (Å²) in [5.41, 5.74) is 3.90. The van der Waals surface area contributed by atoms with Crippen molar-refractivity contribution in [3.8, 4) is 5.88 Å². The lowest BCUT2D eigenvalue weighted by molar-refractivity contribution is 0.457. The van der Waals surface area contributed by atoms with Gasteiger partial charge in [-0.15, -0.1) is 0 Å². The molecule has 3 nitrogen and oxygen atoms in total. The second-order valence-electron chi connectivity index (χ2n) is 5.84. The number of nitrogens with zero attached hydrogens (tertiary/aromatic N) is 1. The van der Waals surface area contributed by atoms with Gasteiger partial charge in [-0.1, -0.05) is 48.0 Å². The molecule has 0 aliphatic rings. The van der Waals surface area contributed by atoms with Crippen molar-refractivity contribution < 1.29 is 5.11 Å². The zero-order chi connectivity index (χ0) is 18.1. The summed E-state index contributed by atoms with van der Waals surface area (Å²) in [6, 6.07) is 23.3. The first-order valence-electron chi connectivity index (χ1n) is 8.02. The van der Waals surface area contributed by atoms with Crippen LogP contribution in [0.4, 0.5) is 5.69 Å². The molecule has 0 radical (unpaired) electrons. The number of nitrogens with one attached hydrogen (secondary N) is 1. The number of aliphatic imine (C=N–C) groups is 1. The molecule has 0 spiro atoms. The van der Waals surface area contributed by atoms with Crippen LogP contribution in [0.15, 0.2) is 77.8 Å². The second-order valence-corrected chi connectivity index (χ2v) is 7.52. The van der Waals surface area contributed by atoms with Crippen molar-refractivity contribution in [3.05, 3.63) is 92.5 Å². The van der Waals surface area contributed by atoms with Crippen LogP contribution in [0.2, 0.25) is 5.02 Å². The minimum atomic E-state index is 0.0791. The Balaban J connectivity index is 1.97. The molecule has 0 bridgehead atoms. The van der Waals surface area contributed by atoms with Crippen LogP contribution in [-0.2, 0) is 0 Å². The van der Waals surface area contributed by atoms with Crippen molar-refractivity contribution in [1.82, 2.24) is 4.98 Å². The molecule has 0 aliphatic heterocycles. The third-order valence-corrected chi connectivity index (χ3v) is 5.05. The highest BCUT2D eigenvalue weighted by atomic mass is 127. The maximum absolute atomic E-state index is 10.6. The fraction of sp³-hybridized carbons (Fsp3) is 0. The summed E-state index contributed by atoms with van der Waals surface area (Å²) in [5.74, 6) is 0.0791. The molecule has 4 aromatic rings. The molecule has 0 saturated heterocycles. The number of benzene rings is 3. The number of H-pyrrole nitrogens is 1. The van der Waals surface area contributed by atoms with Gasteiger partial charge in [0.05, 0.1) is 22.5 Å². The predicted molar refractivity (Wildman–Crippen MR) is 116 cm³/mol. The van der Waals surface area contributed by atoms with Gasteiger partial charge in [-0.2, -0.15) is 0 Å². The lowest BCUT2D eigenvalue weighted by atomic mass is 10.0. The van der Waals surface area contributed by atoms with Crippen molar-refractivity contribution in [1.29, 1.82) is 0 Å². The number of hydrogen-bond acceptors (Lipinski definition) is 2. The third kappa shape index (κ3) is 3.34. The SMILES string of the molecule is Oc1[nH]c2cc(Cl)ccc2c1C(=Nc1ccc(I)cc1)c1ccccc1. The number of aromatic amines is 1. The van der Waals surface area contributed by atoms with Gasteiger partial charge in [0, 0.05) is 19.5 Å². The summed E-state index contributed by atoms with van der Waals surface area (Å²) in [7, 11) is 0. The van der Waals surface area contributed by atoms with E-state index in [-0.39, 0.29) is 5.88 Å². The normalized spacial score (nSPS) is 11.8. The Morgan fingerprint density at radius 3 is 2.42 bits per heavy atom. The van der Waals surface area contributed by atoms with Crippen LogP contribution in [0.5, 0.6) is 5.88 Å². The van der Waals surface area contributed by atoms with Gasteiger partial charge in [-0.3, -0.25) is 0 Å². The molecule has 0 unspecified atom stereocenters. The molecule has 0 fully saturated rings. The lowest BCUT2D eigenvalue weighted by Crippen LogP contribution is -2.02. The number of halogens is 2. The first-order chi connectivity index (χ1) is 12.6. The summed E-state index contributed by atoms with van der Waals surface area (Å²) >= 11 is 8.35. The molecule has 1 aromatic heterocycles. The van der Waals surface area contributed by atoms with E-state index in [1.165, 1.54) is 0 Å². The van der Waals surface area contributed by atoms with Gasteiger partial charge in [0.15, 0.2) is 5.88 Å². The van der Waals surface area contributed by atoms with Crippen LogP contribution >= 0.6 is 34.2 Å². The number of hydrogen-bond donors (Lipinski definition) is 2. The minimum Gasteiger partial charge on any atom is -0.494 e. The van der Waals surface area contributed by atoms with Gasteiger partial charge < -0.3 is 10.1 Å². The summed E-state index contributed by atoms with van der Waals surface area (Å²) < 4.78 is 1.15. The minimum absolute atomic E-state index is 0.0791. The molecule has 2 N–H and O–H groups in total. The average Bonchev–Trinajstić information content (AvgIpc) is 2.97. The molecule has 0 saturated carbocycles. The number of fused-ring (bicyclic) bond motifs is 1. The van der Waals surface area contributed by atoms with Crippen molar-refractivity contribution in [2.75, 3.05) is 0 Å². The van der Waals surface area contributed by atoms with Crippen LogP contribution in [0.3, 0.4) is 0 Å². The van der Waals surface area contributed by atoms with Crippen LogP contribution < -0.4 is 0 Å². The molecule has 0 amide bonds. The predicted octanol–water partition coefficient (Wildman–Crippen LogP) is 6.30. The smallest absolute Gasteiger partial charge is 0.199 e. The van der Waals surface area contributed by atoms with Crippen molar-refractivity contribution >= 4 is 56.5 Å². The van der Waals surface area contributed by atoms with E-state index in [1.54, 1.807) is 6.07 Å². The molecule has 4 rings (SSSR count). The summed E-state index contributed by atoms with van der Waals surface area (Å²) in [6.45, 7) is 0. The number of aromatic hydroxyl groups is 1. The Labute approximate surface area is 169 Å². The van der Waals surface area contributed by atoms with E-state index in [2.05, 4.69) is 27.6 Å². The maximum atomic E-state index is 10.6. The fourth-order valence-electron chi connectivity index (χ4n) is 2.90. The van der Waals surface area contributed by atoms with Crippen LogP contribution in [-0.4, -0.2) is 15.8 Å². The Morgan fingerprint density at radius 2 is 1.69 bits per heavy atom. The standard InChI is InChI=1S/C21H14ClIN2O/c22-14-6-11-17-18(12-14)25-21(26)19(17)20(13-4-2-1-3-5-13)24-16-9-7-15(23)8-10-16/h1-12,25-26H. The Bertz CT molecular complexity index is 1100. The van der Waals surface area contributed by atoms with Crippen molar-refractivity contribution in [2.45, 2.75) is 0 Å². The largest absolute Gasteiger partial charge is 0.494 e. The van der Waals surface area contributed by atoms with Gasteiger partial charge in [-0.05, 0) is 59.0 Å². The molecule has 26 heavy (non-hydrogen) atoms. The third-order valence-electron chi connectivity index (χ3n) is 4.09. The van der Waals surface area contributed by atoms with E-state index in [0.717, 1.165) is 25.7 Å². The molecule has 0 atom stereocenters. The molecule has 128 valence electrons. The highest BCUT2D eigenvalue weighted by Crippen LogP contribution is 2.32. The van der Waals surface area contributed by atoms with Gasteiger partial charge in [0.25, 0.3) is 0 Å². The Kier molecular flexibility index (Phi) is 4.70. The van der Waals surface area contributed by atoms with E-state index in [0.29, 0.717) is 16.3 Å². The summed E-state index contributed by atoms with van der Waals surface area (Å²) in [4.78, 5) is 7.85. The van der Waals surface area contributed by atoms with Crippen molar-refractivity contribution in [3.63, 3.8) is 0 Å². The topological polar surface area (TPSA) is 48.4 Å². The molecule has 1 heterocycles. The fourth-order valence-corrected chi connectivity index (χ4v) is 3.43. The lowest BCUT2D eigenvalue weighted by Gasteiger charge is -2.08. The van der Waals surface area contributed by atoms with E-state index < -0.39 is 0 Å². The Hall–Kier alpha value is -2.31. The first-order valence-corrected chi connectivity index (χ1v) is 9.48. The highest BCUT2D eigenvalue weighted by Gasteiger charge is 2.18. The monoisotopic (exact) mass is 472 g/mol. The molecular weight excluding hydrogens is 459 g/mol. The van der Waals surface area contributed by atoms with Gasteiger partial charge >= 0.3 is 0 Å². The zero-order valence-corrected chi connectivity index (χ0v) is 16.5. The molecule has 3 aromatic carbocycles. The second kappa shape index (κ2) is 7.13. The van der Waals surface area contributed by atoms with Crippen LogP contribution in [0.1, 0.15) is 11.1 Å². The summed E-state index contributed by atoms with van der Waals surface area (Å²) in [5, 5.41) is 12.1. The summed E-state index contributed by atoms with van der Waals surface area (Å²) in [6.07, 6.45) is 0. The van der Waals surface area contributed by atoms with Crippen LogP contribution in [0.25, 0.3) is 10.9 Å². The van der Waals surface area contributed by atoms with Gasteiger partial charge in [0.2, 0.25) is 0 Å². The van der Waals surface area contributed by atoms with E-state index >= 15 is 0 Å². The van der Waals surface area contributed by atoms with Gasteiger partial charge in [0.1, 0.15) is 0 Å². The zero-order valence-electron chi connectivity index (χ0n) is 13.6. The van der Waals surface area contributed by atoms with E-state index in [4.69, 9.17) is 16.6 Å².